The molecular weight excluding hydrogens is 176 g/mol. The van der Waals surface area contributed by atoms with Gasteiger partial charge in [-0.25, -0.2) is 4.79 Å². The normalized spacial score (nSPS) is 15.2. The number of ether oxygens (including phenoxy) is 1. The summed E-state index contributed by atoms with van der Waals surface area (Å²) in [7, 11) is 0. The molecule has 2 nitrogen and oxygen atoms in total. The van der Waals surface area contributed by atoms with Gasteiger partial charge in [-0.1, -0.05) is 18.2 Å². The maximum atomic E-state index is 11.6. The fraction of sp³-hybridized carbons (Fsp3) is 0.417. The molecular formula is C12H14O2. The van der Waals surface area contributed by atoms with Crippen LogP contribution in [-0.2, 0) is 4.74 Å². The minimum atomic E-state index is -0.185. The van der Waals surface area contributed by atoms with Crippen LogP contribution in [0.5, 0.6) is 0 Å². The van der Waals surface area contributed by atoms with Crippen molar-refractivity contribution >= 4 is 5.97 Å². The lowest BCUT2D eigenvalue weighted by Gasteiger charge is -2.05. The maximum absolute atomic E-state index is 11.6. The quantitative estimate of drug-likeness (QED) is 0.685. The summed E-state index contributed by atoms with van der Waals surface area (Å²) in [6.45, 7) is 2.51. The Bertz CT molecular complexity index is 340. The van der Waals surface area contributed by atoms with E-state index in [4.69, 9.17) is 4.74 Å². The van der Waals surface area contributed by atoms with Crippen molar-refractivity contribution in [1.82, 2.24) is 0 Å². The van der Waals surface area contributed by atoms with Crippen LogP contribution in [0.1, 0.15) is 28.8 Å². The molecule has 0 bridgehead atoms. The largest absolute Gasteiger partial charge is 0.462 e. The highest BCUT2D eigenvalue weighted by Gasteiger charge is 2.23. The highest BCUT2D eigenvalue weighted by atomic mass is 16.5. The number of aryl methyl sites for hydroxylation is 1. The first-order valence-electron chi connectivity index (χ1n) is 5.00. The number of rotatable bonds is 3. The van der Waals surface area contributed by atoms with Gasteiger partial charge in [-0.3, -0.25) is 0 Å². The zero-order chi connectivity index (χ0) is 9.97. The fourth-order valence-electron chi connectivity index (χ4n) is 1.36. The first kappa shape index (κ1) is 9.25. The molecule has 1 aromatic carbocycles. The van der Waals surface area contributed by atoms with Gasteiger partial charge in [-0.05, 0) is 37.3 Å². The summed E-state index contributed by atoms with van der Waals surface area (Å²) in [6, 6.07) is 7.52. The van der Waals surface area contributed by atoms with E-state index in [1.165, 1.54) is 12.8 Å². The summed E-state index contributed by atoms with van der Waals surface area (Å²) in [5.74, 6) is 0.443. The zero-order valence-corrected chi connectivity index (χ0v) is 8.32. The molecule has 0 spiro atoms. The Labute approximate surface area is 83.9 Å². The van der Waals surface area contributed by atoms with Crippen molar-refractivity contribution < 1.29 is 9.53 Å². The molecule has 0 aromatic heterocycles. The molecule has 0 aliphatic heterocycles. The van der Waals surface area contributed by atoms with E-state index in [-0.39, 0.29) is 5.97 Å². The van der Waals surface area contributed by atoms with Gasteiger partial charge >= 0.3 is 5.97 Å². The molecule has 1 saturated carbocycles. The van der Waals surface area contributed by atoms with Crippen LogP contribution in [0.2, 0.25) is 0 Å². The average Bonchev–Trinajstić information content (AvgIpc) is 2.98. The van der Waals surface area contributed by atoms with E-state index < -0.39 is 0 Å². The summed E-state index contributed by atoms with van der Waals surface area (Å²) < 4.78 is 5.19. The van der Waals surface area contributed by atoms with Crippen LogP contribution in [-0.4, -0.2) is 12.6 Å². The summed E-state index contributed by atoms with van der Waals surface area (Å²) >= 11 is 0. The fourth-order valence-corrected chi connectivity index (χ4v) is 1.36. The molecule has 14 heavy (non-hydrogen) atoms. The molecule has 0 heterocycles. The van der Waals surface area contributed by atoms with Gasteiger partial charge in [0.05, 0.1) is 12.2 Å². The lowest BCUT2D eigenvalue weighted by Crippen LogP contribution is -2.08. The van der Waals surface area contributed by atoms with Gasteiger partial charge in [-0.15, -0.1) is 0 Å². The van der Waals surface area contributed by atoms with Gasteiger partial charge < -0.3 is 4.74 Å². The maximum Gasteiger partial charge on any atom is 0.338 e. The number of esters is 1. The van der Waals surface area contributed by atoms with E-state index in [9.17, 15) is 4.79 Å². The standard InChI is InChI=1S/C12H14O2/c1-9-4-2-3-5-11(9)12(13)14-8-10-6-7-10/h2-5,10H,6-8H2,1H3. The highest BCUT2D eigenvalue weighted by Crippen LogP contribution is 2.29. The molecule has 1 aliphatic carbocycles. The molecule has 0 radical (unpaired) electrons. The monoisotopic (exact) mass is 190 g/mol. The van der Waals surface area contributed by atoms with Crippen LogP contribution in [0.4, 0.5) is 0 Å². The van der Waals surface area contributed by atoms with Crippen molar-refractivity contribution in [3.05, 3.63) is 35.4 Å². The lowest BCUT2D eigenvalue weighted by atomic mass is 10.1. The molecule has 74 valence electrons. The van der Waals surface area contributed by atoms with Crippen molar-refractivity contribution in [3.8, 4) is 0 Å². The Hall–Kier alpha value is -1.31. The van der Waals surface area contributed by atoms with E-state index in [0.29, 0.717) is 18.1 Å². The van der Waals surface area contributed by atoms with Crippen LogP contribution < -0.4 is 0 Å². The van der Waals surface area contributed by atoms with Crippen LogP contribution in [0.3, 0.4) is 0 Å². The predicted molar refractivity (Wildman–Crippen MR) is 54.2 cm³/mol. The lowest BCUT2D eigenvalue weighted by molar-refractivity contribution is 0.0485. The van der Waals surface area contributed by atoms with Gasteiger partial charge in [0, 0.05) is 0 Å². The third-order valence-corrected chi connectivity index (χ3v) is 2.51. The van der Waals surface area contributed by atoms with Gasteiger partial charge in [0.2, 0.25) is 0 Å². The number of benzene rings is 1. The third kappa shape index (κ3) is 2.13. The molecule has 0 atom stereocenters. The number of hydrogen-bond donors (Lipinski definition) is 0. The summed E-state index contributed by atoms with van der Waals surface area (Å²) in [5, 5.41) is 0. The SMILES string of the molecule is Cc1ccccc1C(=O)OCC1CC1. The number of carbonyl (C=O) groups is 1. The van der Waals surface area contributed by atoms with Crippen LogP contribution in [0, 0.1) is 12.8 Å². The summed E-state index contributed by atoms with van der Waals surface area (Å²) in [5.41, 5.74) is 1.67. The minimum absolute atomic E-state index is 0.185. The van der Waals surface area contributed by atoms with Gasteiger partial charge in [0.15, 0.2) is 0 Å². The number of carbonyl (C=O) groups excluding carboxylic acids is 1. The Morgan fingerprint density at radius 1 is 1.43 bits per heavy atom. The molecule has 1 fully saturated rings. The molecule has 2 heteroatoms. The van der Waals surface area contributed by atoms with Crippen LogP contribution >= 0.6 is 0 Å². The van der Waals surface area contributed by atoms with E-state index in [2.05, 4.69) is 0 Å². The topological polar surface area (TPSA) is 26.3 Å². The Balaban J connectivity index is 1.98. The van der Waals surface area contributed by atoms with Crippen LogP contribution in [0.25, 0.3) is 0 Å². The molecule has 0 amide bonds. The molecule has 0 saturated heterocycles. The first-order chi connectivity index (χ1) is 6.77. The Morgan fingerprint density at radius 2 is 2.14 bits per heavy atom. The van der Waals surface area contributed by atoms with Gasteiger partial charge in [0.1, 0.15) is 0 Å². The van der Waals surface area contributed by atoms with E-state index in [0.717, 1.165) is 5.56 Å². The second-order valence-electron chi connectivity index (χ2n) is 3.86. The molecule has 2 rings (SSSR count). The zero-order valence-electron chi connectivity index (χ0n) is 8.32. The van der Waals surface area contributed by atoms with Crippen molar-refractivity contribution in [2.45, 2.75) is 19.8 Å². The Kier molecular flexibility index (Phi) is 2.53. The van der Waals surface area contributed by atoms with E-state index in [1.807, 2.05) is 31.2 Å². The smallest absolute Gasteiger partial charge is 0.338 e. The Morgan fingerprint density at radius 3 is 2.79 bits per heavy atom. The highest BCUT2D eigenvalue weighted by molar-refractivity contribution is 5.90. The minimum Gasteiger partial charge on any atom is -0.462 e. The predicted octanol–water partition coefficient (Wildman–Crippen LogP) is 2.56. The van der Waals surface area contributed by atoms with Crippen molar-refractivity contribution in [2.24, 2.45) is 5.92 Å². The molecule has 0 unspecified atom stereocenters. The number of hydrogen-bond acceptors (Lipinski definition) is 2. The summed E-state index contributed by atoms with van der Waals surface area (Å²) in [4.78, 5) is 11.6. The van der Waals surface area contributed by atoms with Crippen molar-refractivity contribution in [1.29, 1.82) is 0 Å². The van der Waals surface area contributed by atoms with Crippen molar-refractivity contribution in [3.63, 3.8) is 0 Å². The van der Waals surface area contributed by atoms with Crippen molar-refractivity contribution in [2.75, 3.05) is 6.61 Å². The average molecular weight is 190 g/mol. The first-order valence-corrected chi connectivity index (χ1v) is 5.00. The third-order valence-electron chi connectivity index (χ3n) is 2.51. The van der Waals surface area contributed by atoms with Gasteiger partial charge in [0.25, 0.3) is 0 Å². The molecule has 1 aromatic rings. The van der Waals surface area contributed by atoms with Crippen LogP contribution in [0.15, 0.2) is 24.3 Å². The second kappa shape index (κ2) is 3.82. The van der Waals surface area contributed by atoms with Gasteiger partial charge in [-0.2, -0.15) is 0 Å². The summed E-state index contributed by atoms with van der Waals surface area (Å²) in [6.07, 6.45) is 2.42. The second-order valence-corrected chi connectivity index (χ2v) is 3.86. The van der Waals surface area contributed by atoms with E-state index >= 15 is 0 Å². The molecule has 0 N–H and O–H groups in total. The van der Waals surface area contributed by atoms with E-state index in [1.54, 1.807) is 0 Å². The molecule has 1 aliphatic rings.